The minimum atomic E-state index is -0.138. The van der Waals surface area contributed by atoms with Crippen LogP contribution in [0.4, 0.5) is 0 Å². The van der Waals surface area contributed by atoms with Gasteiger partial charge in [0.25, 0.3) is 5.56 Å². The van der Waals surface area contributed by atoms with Crippen LogP contribution in [0.2, 0.25) is 0 Å². The SMILES string of the molecule is O=C(Cn1cccn1)N1CCCC[C@@H]1c1cc(=O)n2ccnc2[nH]1. The fourth-order valence-electron chi connectivity index (χ4n) is 3.30. The summed E-state index contributed by atoms with van der Waals surface area (Å²) in [6.45, 7) is 0.895. The molecule has 0 spiro atoms. The van der Waals surface area contributed by atoms with Gasteiger partial charge in [-0.2, -0.15) is 5.10 Å². The van der Waals surface area contributed by atoms with E-state index >= 15 is 0 Å². The molecule has 1 saturated heterocycles. The third-order valence-corrected chi connectivity index (χ3v) is 4.45. The van der Waals surface area contributed by atoms with Gasteiger partial charge in [-0.05, 0) is 25.3 Å². The van der Waals surface area contributed by atoms with E-state index in [1.165, 1.54) is 4.40 Å². The highest BCUT2D eigenvalue weighted by Crippen LogP contribution is 2.29. The van der Waals surface area contributed by atoms with Crippen molar-refractivity contribution in [2.45, 2.75) is 31.8 Å². The van der Waals surface area contributed by atoms with Crippen molar-refractivity contribution in [1.29, 1.82) is 0 Å². The molecule has 0 saturated carbocycles. The summed E-state index contributed by atoms with van der Waals surface area (Å²) in [4.78, 5) is 34.1. The molecule has 1 fully saturated rings. The number of amides is 1. The van der Waals surface area contributed by atoms with Gasteiger partial charge in [-0.3, -0.25) is 18.7 Å². The number of piperidine rings is 1. The predicted octanol–water partition coefficient (Wildman–Crippen LogP) is 0.973. The summed E-state index contributed by atoms with van der Waals surface area (Å²) < 4.78 is 3.08. The Bertz CT molecular complexity index is 910. The Morgan fingerprint density at radius 1 is 1.29 bits per heavy atom. The number of aromatic amines is 1. The molecule has 4 heterocycles. The first-order chi connectivity index (χ1) is 11.7. The summed E-state index contributed by atoms with van der Waals surface area (Å²) in [5, 5.41) is 4.09. The van der Waals surface area contributed by atoms with Crippen LogP contribution in [0.5, 0.6) is 0 Å². The number of aromatic nitrogens is 5. The molecule has 3 aromatic heterocycles. The first-order valence-corrected chi connectivity index (χ1v) is 8.05. The van der Waals surface area contributed by atoms with Crippen molar-refractivity contribution < 1.29 is 4.79 Å². The molecule has 24 heavy (non-hydrogen) atoms. The quantitative estimate of drug-likeness (QED) is 0.777. The minimum absolute atomic E-state index is 0.00691. The molecular formula is C16H18N6O2. The Morgan fingerprint density at radius 2 is 2.21 bits per heavy atom. The summed E-state index contributed by atoms with van der Waals surface area (Å²) in [6, 6.07) is 3.24. The van der Waals surface area contributed by atoms with Crippen LogP contribution >= 0.6 is 0 Å². The van der Waals surface area contributed by atoms with Crippen LogP contribution in [-0.2, 0) is 11.3 Å². The highest BCUT2D eigenvalue weighted by atomic mass is 16.2. The van der Waals surface area contributed by atoms with E-state index < -0.39 is 0 Å². The van der Waals surface area contributed by atoms with Gasteiger partial charge < -0.3 is 9.88 Å². The van der Waals surface area contributed by atoms with Gasteiger partial charge in [0.1, 0.15) is 6.54 Å². The molecule has 1 amide bonds. The molecule has 4 rings (SSSR count). The maximum atomic E-state index is 12.7. The van der Waals surface area contributed by atoms with Crippen LogP contribution in [0.25, 0.3) is 5.78 Å². The van der Waals surface area contributed by atoms with Crippen molar-refractivity contribution in [2.75, 3.05) is 6.54 Å². The van der Waals surface area contributed by atoms with Gasteiger partial charge in [-0.1, -0.05) is 0 Å². The van der Waals surface area contributed by atoms with Gasteiger partial charge in [-0.15, -0.1) is 0 Å². The molecule has 8 heteroatoms. The number of hydrogen-bond acceptors (Lipinski definition) is 4. The largest absolute Gasteiger partial charge is 0.333 e. The van der Waals surface area contributed by atoms with Crippen molar-refractivity contribution in [1.82, 2.24) is 29.0 Å². The number of hydrogen-bond donors (Lipinski definition) is 1. The molecule has 1 N–H and O–H groups in total. The number of imidazole rings is 1. The smallest absolute Gasteiger partial charge is 0.259 e. The van der Waals surface area contributed by atoms with E-state index in [0.29, 0.717) is 12.3 Å². The highest BCUT2D eigenvalue weighted by molar-refractivity contribution is 5.76. The molecule has 1 atom stereocenters. The van der Waals surface area contributed by atoms with Crippen LogP contribution in [0.15, 0.2) is 41.7 Å². The number of nitrogens with zero attached hydrogens (tertiary/aromatic N) is 5. The van der Waals surface area contributed by atoms with E-state index in [-0.39, 0.29) is 24.1 Å². The second kappa shape index (κ2) is 5.95. The molecule has 8 nitrogen and oxygen atoms in total. The summed E-state index contributed by atoms with van der Waals surface area (Å²) in [6.07, 6.45) is 9.46. The fourth-order valence-corrected chi connectivity index (χ4v) is 3.30. The molecular weight excluding hydrogens is 308 g/mol. The lowest BCUT2D eigenvalue weighted by molar-refractivity contribution is -0.136. The first kappa shape index (κ1) is 14.7. The molecule has 1 aliphatic rings. The predicted molar refractivity (Wildman–Crippen MR) is 86.3 cm³/mol. The van der Waals surface area contributed by atoms with Gasteiger partial charge in [0.05, 0.1) is 6.04 Å². The lowest BCUT2D eigenvalue weighted by atomic mass is 9.99. The number of H-pyrrole nitrogens is 1. The van der Waals surface area contributed by atoms with Crippen LogP contribution < -0.4 is 5.56 Å². The van der Waals surface area contributed by atoms with Crippen LogP contribution in [0.3, 0.4) is 0 Å². The second-order valence-corrected chi connectivity index (χ2v) is 5.99. The van der Waals surface area contributed by atoms with Crippen LogP contribution in [0, 0.1) is 0 Å². The molecule has 0 unspecified atom stereocenters. The number of nitrogens with one attached hydrogen (secondary N) is 1. The number of rotatable bonds is 3. The second-order valence-electron chi connectivity index (χ2n) is 5.99. The molecule has 124 valence electrons. The van der Waals surface area contributed by atoms with Crippen LogP contribution in [-0.4, -0.2) is 41.5 Å². The Hall–Kier alpha value is -2.90. The standard InChI is InChI=1S/C16H18N6O2/c23-14-10-12(19-16-17-6-9-22(14)16)13-4-1-2-8-21(13)15(24)11-20-7-3-5-18-20/h3,5-7,9-10,13H,1-2,4,8,11H2,(H,17,19)/t13-/m1/s1. The van der Waals surface area contributed by atoms with E-state index in [1.807, 2.05) is 4.90 Å². The van der Waals surface area contributed by atoms with E-state index in [0.717, 1.165) is 25.0 Å². The van der Waals surface area contributed by atoms with Crippen molar-refractivity contribution in [3.63, 3.8) is 0 Å². The van der Waals surface area contributed by atoms with Crippen molar-refractivity contribution >= 4 is 11.7 Å². The zero-order valence-electron chi connectivity index (χ0n) is 13.1. The lowest BCUT2D eigenvalue weighted by Gasteiger charge is -2.35. The number of carbonyl (C=O) groups excluding carboxylic acids is 1. The monoisotopic (exact) mass is 326 g/mol. The van der Waals surface area contributed by atoms with Gasteiger partial charge in [0, 0.05) is 43.1 Å². The van der Waals surface area contributed by atoms with E-state index in [2.05, 4.69) is 15.1 Å². The van der Waals surface area contributed by atoms with Crippen LogP contribution in [0.1, 0.15) is 31.0 Å². The summed E-state index contributed by atoms with van der Waals surface area (Å²) in [7, 11) is 0. The average molecular weight is 326 g/mol. The van der Waals surface area contributed by atoms with Gasteiger partial charge in [0.2, 0.25) is 11.7 Å². The molecule has 0 aromatic carbocycles. The average Bonchev–Trinajstić information content (AvgIpc) is 3.26. The van der Waals surface area contributed by atoms with E-state index in [1.54, 1.807) is 41.6 Å². The zero-order chi connectivity index (χ0) is 16.5. The Morgan fingerprint density at radius 3 is 3.04 bits per heavy atom. The summed E-state index contributed by atoms with van der Waals surface area (Å²) >= 11 is 0. The summed E-state index contributed by atoms with van der Waals surface area (Å²) in [5.41, 5.74) is 0.605. The van der Waals surface area contributed by atoms with E-state index in [9.17, 15) is 9.59 Å². The topological polar surface area (TPSA) is 88.3 Å². The van der Waals surface area contributed by atoms with Gasteiger partial charge >= 0.3 is 0 Å². The Kier molecular flexibility index (Phi) is 3.64. The number of carbonyl (C=O) groups is 1. The van der Waals surface area contributed by atoms with Crippen molar-refractivity contribution in [2.24, 2.45) is 0 Å². The normalized spacial score (nSPS) is 18.2. The molecule has 3 aromatic rings. The first-order valence-electron chi connectivity index (χ1n) is 8.05. The fraction of sp³-hybridized carbons (Fsp3) is 0.375. The Labute approximate surface area is 137 Å². The number of fused-ring (bicyclic) bond motifs is 1. The van der Waals surface area contributed by atoms with E-state index in [4.69, 9.17) is 0 Å². The molecule has 1 aliphatic heterocycles. The molecule has 0 radical (unpaired) electrons. The minimum Gasteiger partial charge on any atom is -0.333 e. The molecule has 0 aliphatic carbocycles. The third-order valence-electron chi connectivity index (χ3n) is 4.45. The summed E-state index contributed by atoms with van der Waals surface area (Å²) in [5.74, 6) is 0.509. The maximum absolute atomic E-state index is 12.7. The highest BCUT2D eigenvalue weighted by Gasteiger charge is 2.29. The zero-order valence-corrected chi connectivity index (χ0v) is 13.1. The lowest BCUT2D eigenvalue weighted by Crippen LogP contribution is -2.41. The van der Waals surface area contributed by atoms with Gasteiger partial charge in [-0.25, -0.2) is 4.98 Å². The van der Waals surface area contributed by atoms with Crippen molar-refractivity contribution in [3.05, 3.63) is 53.0 Å². The maximum Gasteiger partial charge on any atom is 0.259 e. The third kappa shape index (κ3) is 2.60. The Balaban J connectivity index is 1.65. The number of likely N-dealkylation sites (tertiary alicyclic amines) is 1. The molecule has 0 bridgehead atoms. The van der Waals surface area contributed by atoms with Crippen molar-refractivity contribution in [3.8, 4) is 0 Å². The van der Waals surface area contributed by atoms with Gasteiger partial charge in [0.15, 0.2) is 0 Å².